The summed E-state index contributed by atoms with van der Waals surface area (Å²) in [6, 6.07) is 7.39. The van der Waals surface area contributed by atoms with E-state index in [1.165, 1.54) is 6.42 Å². The second-order valence-electron chi connectivity index (χ2n) is 7.04. The first-order valence-corrected chi connectivity index (χ1v) is 9.03. The van der Waals surface area contributed by atoms with Gasteiger partial charge in [0.15, 0.2) is 6.10 Å². The zero-order valence-electron chi connectivity index (χ0n) is 15.6. The van der Waals surface area contributed by atoms with Crippen LogP contribution in [0.25, 0.3) is 0 Å². The van der Waals surface area contributed by atoms with Crippen LogP contribution in [0.1, 0.15) is 45.6 Å². The van der Waals surface area contributed by atoms with Crippen molar-refractivity contribution in [1.82, 2.24) is 5.32 Å². The summed E-state index contributed by atoms with van der Waals surface area (Å²) in [5.74, 6) is 1.17. The number of nitrogens with one attached hydrogen (secondary N) is 1. The minimum atomic E-state index is -0.782. The van der Waals surface area contributed by atoms with Crippen LogP contribution in [0.3, 0.4) is 0 Å². The molecule has 138 valence electrons. The fraction of sp³-hybridized carbons (Fsp3) is 0.600. The van der Waals surface area contributed by atoms with E-state index in [0.29, 0.717) is 11.8 Å². The highest BCUT2D eigenvalue weighted by molar-refractivity contribution is 5.84. The molecule has 4 atom stereocenters. The van der Waals surface area contributed by atoms with Crippen LogP contribution in [0.5, 0.6) is 5.75 Å². The predicted octanol–water partition coefficient (Wildman–Crippen LogP) is 3.11. The Balaban J connectivity index is 1.82. The van der Waals surface area contributed by atoms with E-state index in [-0.39, 0.29) is 18.4 Å². The molecule has 25 heavy (non-hydrogen) atoms. The fourth-order valence-electron chi connectivity index (χ4n) is 3.29. The molecule has 0 heterocycles. The van der Waals surface area contributed by atoms with E-state index in [1.54, 1.807) is 26.2 Å². The molecule has 0 radical (unpaired) electrons. The zero-order valence-corrected chi connectivity index (χ0v) is 15.6. The second-order valence-corrected chi connectivity index (χ2v) is 7.04. The Bertz CT molecular complexity index is 584. The number of benzene rings is 1. The highest BCUT2D eigenvalue weighted by atomic mass is 16.5. The van der Waals surface area contributed by atoms with E-state index in [4.69, 9.17) is 9.47 Å². The van der Waals surface area contributed by atoms with Gasteiger partial charge in [0.05, 0.1) is 13.5 Å². The Morgan fingerprint density at radius 2 is 1.88 bits per heavy atom. The molecule has 1 aliphatic carbocycles. The molecule has 5 nitrogen and oxygen atoms in total. The van der Waals surface area contributed by atoms with Crippen molar-refractivity contribution in [3.8, 4) is 5.75 Å². The summed E-state index contributed by atoms with van der Waals surface area (Å²) in [6.45, 7) is 6.02. The zero-order chi connectivity index (χ0) is 18.4. The predicted molar refractivity (Wildman–Crippen MR) is 96.4 cm³/mol. The second kappa shape index (κ2) is 8.88. The van der Waals surface area contributed by atoms with Crippen LogP contribution in [-0.4, -0.2) is 31.1 Å². The third-order valence-corrected chi connectivity index (χ3v) is 5.22. The normalized spacial score (nSPS) is 24.2. The number of esters is 1. The van der Waals surface area contributed by atoms with E-state index in [0.717, 1.165) is 24.2 Å². The molecule has 0 unspecified atom stereocenters. The molecule has 1 aromatic rings. The Hall–Kier alpha value is -2.04. The van der Waals surface area contributed by atoms with Gasteiger partial charge in [-0.1, -0.05) is 38.8 Å². The van der Waals surface area contributed by atoms with Gasteiger partial charge in [-0.05, 0) is 42.9 Å². The molecule has 2 rings (SSSR count). The van der Waals surface area contributed by atoms with Crippen molar-refractivity contribution >= 4 is 11.9 Å². The maximum Gasteiger partial charge on any atom is 0.311 e. The van der Waals surface area contributed by atoms with Crippen molar-refractivity contribution in [2.45, 2.75) is 58.6 Å². The van der Waals surface area contributed by atoms with Crippen molar-refractivity contribution in [3.05, 3.63) is 29.8 Å². The molecule has 1 N–H and O–H groups in total. The van der Waals surface area contributed by atoms with Gasteiger partial charge in [0.25, 0.3) is 5.91 Å². The summed E-state index contributed by atoms with van der Waals surface area (Å²) in [5.41, 5.74) is 0.827. The van der Waals surface area contributed by atoms with Gasteiger partial charge in [-0.25, -0.2) is 0 Å². The quantitative estimate of drug-likeness (QED) is 0.803. The molecule has 1 amide bonds. The average Bonchev–Trinajstić information content (AvgIpc) is 2.59. The molecule has 5 heteroatoms. The summed E-state index contributed by atoms with van der Waals surface area (Å²) in [5, 5.41) is 3.05. The van der Waals surface area contributed by atoms with Crippen LogP contribution in [0.15, 0.2) is 24.3 Å². The molecular formula is C20H29NO4. The number of rotatable bonds is 6. The number of hydrogen-bond donors (Lipinski definition) is 1. The molecule has 0 bridgehead atoms. The SMILES string of the molecule is COc1ccc(CC(=O)O[C@H](C)C(=O)N[C@@H]2CCC[C@@H](C)[C@H]2C)cc1. The molecule has 1 aliphatic rings. The molecule has 0 aromatic heterocycles. The van der Waals surface area contributed by atoms with Crippen molar-refractivity contribution in [3.63, 3.8) is 0 Å². The minimum Gasteiger partial charge on any atom is -0.497 e. The Labute approximate surface area is 150 Å². The molecule has 1 aromatic carbocycles. The van der Waals surface area contributed by atoms with Crippen molar-refractivity contribution in [1.29, 1.82) is 0 Å². The van der Waals surface area contributed by atoms with Gasteiger partial charge in [-0.3, -0.25) is 9.59 Å². The topological polar surface area (TPSA) is 64.6 Å². The number of ether oxygens (including phenoxy) is 2. The van der Waals surface area contributed by atoms with Crippen LogP contribution >= 0.6 is 0 Å². The standard InChI is InChI=1S/C20H29NO4/c1-13-6-5-7-18(14(13)2)21-20(23)15(3)25-19(22)12-16-8-10-17(24-4)11-9-16/h8-11,13-15,18H,5-7,12H2,1-4H3,(H,21,23)/t13-,14-,15-,18-/m1/s1. The van der Waals surface area contributed by atoms with Crippen LogP contribution < -0.4 is 10.1 Å². The lowest BCUT2D eigenvalue weighted by Crippen LogP contribution is -2.47. The van der Waals surface area contributed by atoms with E-state index >= 15 is 0 Å². The smallest absolute Gasteiger partial charge is 0.311 e. The van der Waals surface area contributed by atoms with E-state index in [9.17, 15) is 9.59 Å². The maximum atomic E-state index is 12.3. The Morgan fingerprint density at radius 1 is 1.20 bits per heavy atom. The Morgan fingerprint density at radius 3 is 2.52 bits per heavy atom. The summed E-state index contributed by atoms with van der Waals surface area (Å²) in [6.07, 6.45) is 2.68. The van der Waals surface area contributed by atoms with Gasteiger partial charge in [-0.15, -0.1) is 0 Å². The van der Waals surface area contributed by atoms with Gasteiger partial charge in [0, 0.05) is 6.04 Å². The van der Waals surface area contributed by atoms with Gasteiger partial charge in [0.2, 0.25) is 0 Å². The lowest BCUT2D eigenvalue weighted by atomic mass is 9.78. The third-order valence-electron chi connectivity index (χ3n) is 5.22. The number of amides is 1. The van der Waals surface area contributed by atoms with Crippen LogP contribution in [0, 0.1) is 11.8 Å². The van der Waals surface area contributed by atoms with E-state index in [1.807, 2.05) is 12.1 Å². The fourth-order valence-corrected chi connectivity index (χ4v) is 3.29. The summed E-state index contributed by atoms with van der Waals surface area (Å²) < 4.78 is 10.4. The average molecular weight is 347 g/mol. The van der Waals surface area contributed by atoms with Gasteiger partial charge in [-0.2, -0.15) is 0 Å². The van der Waals surface area contributed by atoms with Gasteiger partial charge in [0.1, 0.15) is 5.75 Å². The lowest BCUT2D eigenvalue weighted by molar-refractivity contribution is -0.154. The number of methoxy groups -OCH3 is 1. The summed E-state index contributed by atoms with van der Waals surface area (Å²) >= 11 is 0. The van der Waals surface area contributed by atoms with Crippen LogP contribution in [0.4, 0.5) is 0 Å². The molecular weight excluding hydrogens is 318 g/mol. The lowest BCUT2D eigenvalue weighted by Gasteiger charge is -2.35. The first-order valence-electron chi connectivity index (χ1n) is 9.03. The highest BCUT2D eigenvalue weighted by Gasteiger charge is 2.30. The van der Waals surface area contributed by atoms with Crippen LogP contribution in [-0.2, 0) is 20.7 Å². The largest absolute Gasteiger partial charge is 0.497 e. The number of carbonyl (C=O) groups is 2. The maximum absolute atomic E-state index is 12.3. The number of hydrogen-bond acceptors (Lipinski definition) is 4. The first-order chi connectivity index (χ1) is 11.9. The van der Waals surface area contributed by atoms with Gasteiger partial charge < -0.3 is 14.8 Å². The highest BCUT2D eigenvalue weighted by Crippen LogP contribution is 2.29. The minimum absolute atomic E-state index is 0.137. The van der Waals surface area contributed by atoms with Crippen molar-refractivity contribution in [2.75, 3.05) is 7.11 Å². The van der Waals surface area contributed by atoms with E-state index < -0.39 is 12.1 Å². The first kappa shape index (κ1) is 19.3. The van der Waals surface area contributed by atoms with Gasteiger partial charge >= 0.3 is 5.97 Å². The van der Waals surface area contributed by atoms with Crippen molar-refractivity contribution in [2.24, 2.45) is 11.8 Å². The molecule has 0 spiro atoms. The summed E-state index contributed by atoms with van der Waals surface area (Å²) in [4.78, 5) is 24.4. The third kappa shape index (κ3) is 5.48. The summed E-state index contributed by atoms with van der Waals surface area (Å²) in [7, 11) is 1.59. The van der Waals surface area contributed by atoms with Crippen molar-refractivity contribution < 1.29 is 19.1 Å². The molecule has 0 aliphatic heterocycles. The van der Waals surface area contributed by atoms with Crippen LogP contribution in [0.2, 0.25) is 0 Å². The molecule has 1 saturated carbocycles. The molecule has 0 saturated heterocycles. The number of carbonyl (C=O) groups excluding carboxylic acids is 2. The van der Waals surface area contributed by atoms with E-state index in [2.05, 4.69) is 19.2 Å². The Kier molecular flexibility index (Phi) is 6.85. The monoisotopic (exact) mass is 347 g/mol. The molecule has 1 fully saturated rings.